The first-order valence-electron chi connectivity index (χ1n) is 8.40. The topological polar surface area (TPSA) is 51.2 Å². The number of carbonyl (C=O) groups is 1. The first-order valence-corrected chi connectivity index (χ1v) is 10.6. The number of hydrogen-bond acceptors (Lipinski definition) is 5. The Morgan fingerprint density at radius 3 is 3.08 bits per heavy atom. The van der Waals surface area contributed by atoms with Gasteiger partial charge in [-0.05, 0) is 43.2 Å². The summed E-state index contributed by atoms with van der Waals surface area (Å²) in [6.45, 7) is 0.842. The lowest BCUT2D eigenvalue weighted by Gasteiger charge is -2.11. The molecule has 1 aromatic heterocycles. The highest BCUT2D eigenvalue weighted by molar-refractivity contribution is 7.99. The summed E-state index contributed by atoms with van der Waals surface area (Å²) < 4.78 is 6.63. The van der Waals surface area contributed by atoms with Crippen molar-refractivity contribution in [3.8, 4) is 0 Å². The van der Waals surface area contributed by atoms with Gasteiger partial charge in [0.25, 0.3) is 5.91 Å². The quantitative estimate of drug-likeness (QED) is 0.572. The third-order valence-electron chi connectivity index (χ3n) is 4.15. The summed E-state index contributed by atoms with van der Waals surface area (Å²) >= 11 is 9.11. The van der Waals surface area contributed by atoms with Gasteiger partial charge in [-0.1, -0.05) is 35.1 Å². The van der Waals surface area contributed by atoms with Crippen molar-refractivity contribution in [3.05, 3.63) is 53.1 Å². The molecule has 0 unspecified atom stereocenters. The van der Waals surface area contributed by atoms with Gasteiger partial charge in [-0.2, -0.15) is 0 Å². The summed E-state index contributed by atoms with van der Waals surface area (Å²) in [6, 6.07) is 13.2. The smallest absolute Gasteiger partial charge is 0.258 e. The van der Waals surface area contributed by atoms with Gasteiger partial charge in [0, 0.05) is 22.3 Å². The first-order chi connectivity index (χ1) is 12.7. The first kappa shape index (κ1) is 17.8. The Bertz CT molecular complexity index is 938. The van der Waals surface area contributed by atoms with E-state index in [0.717, 1.165) is 40.3 Å². The molecule has 1 amide bonds. The normalized spacial score (nSPS) is 16.9. The van der Waals surface area contributed by atoms with E-state index in [1.807, 2.05) is 36.4 Å². The number of aromatic nitrogens is 1. The Balaban J connectivity index is 1.49. The predicted molar refractivity (Wildman–Crippen MR) is 109 cm³/mol. The number of fused-ring (bicyclic) bond motifs is 1. The summed E-state index contributed by atoms with van der Waals surface area (Å²) in [5, 5.41) is 4.15. The average Bonchev–Trinajstić information content (AvgIpc) is 3.29. The zero-order valence-electron chi connectivity index (χ0n) is 13.9. The van der Waals surface area contributed by atoms with Gasteiger partial charge < -0.3 is 4.74 Å². The second-order valence-corrected chi connectivity index (χ2v) is 8.56. The molecule has 1 fully saturated rings. The molecular formula is C19H17ClN2O2S2. The molecule has 1 aliphatic rings. The number of amides is 1. The van der Waals surface area contributed by atoms with E-state index in [9.17, 15) is 4.79 Å². The Kier molecular flexibility index (Phi) is 5.45. The fourth-order valence-electron chi connectivity index (χ4n) is 2.85. The molecule has 7 heteroatoms. The van der Waals surface area contributed by atoms with Crippen LogP contribution >= 0.6 is 34.7 Å². The minimum atomic E-state index is -0.148. The van der Waals surface area contributed by atoms with Gasteiger partial charge in [-0.25, -0.2) is 4.98 Å². The molecule has 3 aromatic rings. The highest BCUT2D eigenvalue weighted by Gasteiger charge is 2.18. The highest BCUT2D eigenvalue weighted by atomic mass is 35.5. The van der Waals surface area contributed by atoms with Crippen LogP contribution in [0, 0.1) is 0 Å². The monoisotopic (exact) mass is 404 g/mol. The van der Waals surface area contributed by atoms with Crippen molar-refractivity contribution in [1.82, 2.24) is 4.98 Å². The molecule has 0 bridgehead atoms. The van der Waals surface area contributed by atoms with Gasteiger partial charge in [0.05, 0.1) is 21.9 Å². The van der Waals surface area contributed by atoms with E-state index in [1.54, 1.807) is 17.8 Å². The number of hydrogen-bond donors (Lipinski definition) is 1. The minimum absolute atomic E-state index is 0.148. The number of ether oxygens (including phenoxy) is 1. The maximum absolute atomic E-state index is 12.8. The summed E-state index contributed by atoms with van der Waals surface area (Å²) in [7, 11) is 0. The van der Waals surface area contributed by atoms with Crippen LogP contribution in [0.3, 0.4) is 0 Å². The maximum atomic E-state index is 12.8. The minimum Gasteiger partial charge on any atom is -0.377 e. The second-order valence-electron chi connectivity index (χ2n) is 6.03. The highest BCUT2D eigenvalue weighted by Crippen LogP contribution is 2.30. The average molecular weight is 405 g/mol. The number of nitrogens with one attached hydrogen (secondary N) is 1. The Morgan fingerprint density at radius 1 is 1.35 bits per heavy atom. The largest absolute Gasteiger partial charge is 0.377 e. The number of carbonyl (C=O) groups excluding carboxylic acids is 1. The molecule has 2 heterocycles. The van der Waals surface area contributed by atoms with Crippen molar-refractivity contribution < 1.29 is 9.53 Å². The van der Waals surface area contributed by atoms with Crippen molar-refractivity contribution >= 4 is 56.0 Å². The standard InChI is InChI=1S/C19H17ClN2O2S2/c20-12-7-8-15-17(10-12)26-19(21-15)22-18(23)14-5-1-2-6-16(14)25-11-13-4-3-9-24-13/h1-2,5-8,10,13H,3-4,9,11H2,(H,21,22,23)/t13-/m0/s1. The molecule has 1 aliphatic heterocycles. The number of thioether (sulfide) groups is 1. The maximum Gasteiger partial charge on any atom is 0.258 e. The van der Waals surface area contributed by atoms with Crippen LogP contribution in [-0.4, -0.2) is 29.4 Å². The fraction of sp³-hybridized carbons (Fsp3) is 0.263. The molecule has 4 rings (SSSR count). The van der Waals surface area contributed by atoms with E-state index in [0.29, 0.717) is 15.7 Å². The Hall–Kier alpha value is -1.60. The molecular weight excluding hydrogens is 388 g/mol. The number of halogens is 1. The van der Waals surface area contributed by atoms with E-state index in [-0.39, 0.29) is 12.0 Å². The van der Waals surface area contributed by atoms with Gasteiger partial charge in [-0.15, -0.1) is 11.8 Å². The van der Waals surface area contributed by atoms with Gasteiger partial charge in [0.2, 0.25) is 0 Å². The molecule has 1 saturated heterocycles. The summed E-state index contributed by atoms with van der Waals surface area (Å²) in [5.74, 6) is 0.717. The number of benzene rings is 2. The van der Waals surface area contributed by atoms with E-state index < -0.39 is 0 Å². The lowest BCUT2D eigenvalue weighted by molar-refractivity contribution is 0.102. The van der Waals surface area contributed by atoms with Crippen LogP contribution in [0.4, 0.5) is 5.13 Å². The van der Waals surface area contributed by atoms with E-state index in [4.69, 9.17) is 16.3 Å². The van der Waals surface area contributed by atoms with Crippen LogP contribution in [0.15, 0.2) is 47.4 Å². The van der Waals surface area contributed by atoms with Gasteiger partial charge in [-0.3, -0.25) is 10.1 Å². The molecule has 1 atom stereocenters. The summed E-state index contributed by atoms with van der Waals surface area (Å²) in [6.07, 6.45) is 2.50. The Labute approximate surface area is 164 Å². The van der Waals surface area contributed by atoms with E-state index in [1.165, 1.54) is 11.3 Å². The second kappa shape index (κ2) is 7.96. The van der Waals surface area contributed by atoms with Crippen molar-refractivity contribution in [3.63, 3.8) is 0 Å². The molecule has 134 valence electrons. The molecule has 0 spiro atoms. The molecule has 0 saturated carbocycles. The van der Waals surface area contributed by atoms with Crippen LogP contribution in [0.25, 0.3) is 10.2 Å². The van der Waals surface area contributed by atoms with E-state index >= 15 is 0 Å². The van der Waals surface area contributed by atoms with Crippen LogP contribution < -0.4 is 5.32 Å². The van der Waals surface area contributed by atoms with Crippen LogP contribution in [0.1, 0.15) is 23.2 Å². The third-order valence-corrected chi connectivity index (χ3v) is 6.53. The molecule has 26 heavy (non-hydrogen) atoms. The zero-order valence-corrected chi connectivity index (χ0v) is 16.3. The number of anilines is 1. The lowest BCUT2D eigenvalue weighted by Crippen LogP contribution is -2.14. The molecule has 0 radical (unpaired) electrons. The van der Waals surface area contributed by atoms with Crippen molar-refractivity contribution in [2.24, 2.45) is 0 Å². The lowest BCUT2D eigenvalue weighted by atomic mass is 10.2. The van der Waals surface area contributed by atoms with Crippen molar-refractivity contribution in [2.75, 3.05) is 17.7 Å². The Morgan fingerprint density at radius 2 is 2.23 bits per heavy atom. The van der Waals surface area contributed by atoms with Gasteiger partial charge in [0.1, 0.15) is 0 Å². The predicted octanol–water partition coefficient (Wildman–Crippen LogP) is 5.47. The van der Waals surface area contributed by atoms with Gasteiger partial charge >= 0.3 is 0 Å². The number of nitrogens with zero attached hydrogens (tertiary/aromatic N) is 1. The van der Waals surface area contributed by atoms with Crippen LogP contribution in [0.5, 0.6) is 0 Å². The fourth-order valence-corrected chi connectivity index (χ4v) is 5.11. The van der Waals surface area contributed by atoms with Crippen LogP contribution in [-0.2, 0) is 4.74 Å². The third kappa shape index (κ3) is 4.04. The molecule has 1 N–H and O–H groups in total. The number of rotatable bonds is 5. The zero-order chi connectivity index (χ0) is 17.9. The van der Waals surface area contributed by atoms with Crippen molar-refractivity contribution in [2.45, 2.75) is 23.8 Å². The molecule has 0 aliphatic carbocycles. The van der Waals surface area contributed by atoms with E-state index in [2.05, 4.69) is 10.3 Å². The van der Waals surface area contributed by atoms with Crippen LogP contribution in [0.2, 0.25) is 5.02 Å². The van der Waals surface area contributed by atoms with Crippen molar-refractivity contribution in [1.29, 1.82) is 0 Å². The number of thiazole rings is 1. The summed E-state index contributed by atoms with van der Waals surface area (Å²) in [4.78, 5) is 18.2. The molecule has 4 nitrogen and oxygen atoms in total. The SMILES string of the molecule is O=C(Nc1nc2ccc(Cl)cc2s1)c1ccccc1SC[C@@H]1CCCO1. The summed E-state index contributed by atoms with van der Waals surface area (Å²) in [5.41, 5.74) is 1.49. The van der Waals surface area contributed by atoms with Gasteiger partial charge in [0.15, 0.2) is 5.13 Å². The molecule has 2 aromatic carbocycles.